The number of nitrogens with zero attached hydrogens (tertiary/aromatic N) is 4. The Hall–Kier alpha value is -2.80. The lowest BCUT2D eigenvalue weighted by molar-refractivity contribution is -0.00135. The first-order chi connectivity index (χ1) is 19.2. The highest BCUT2D eigenvalue weighted by atomic mass is 31.2. The SMILES string of the molecule is CC[Si](CC)(CC)OC1C(/C=C/P(=O)(OC)OC)OC(n2cnc3c(NC(=O)c4ccccc4)ncnc32)C1F. The lowest BCUT2D eigenvalue weighted by atomic mass is 10.1. The van der Waals surface area contributed by atoms with Gasteiger partial charge < -0.3 is 23.5 Å². The summed E-state index contributed by atoms with van der Waals surface area (Å²) in [7, 11) is -3.25. The first-order valence-corrected chi connectivity index (χ1v) is 17.3. The van der Waals surface area contributed by atoms with Crippen LogP contribution in [-0.2, 0) is 22.8 Å². The molecule has 1 aromatic carbocycles. The van der Waals surface area contributed by atoms with Crippen LogP contribution in [0, 0.1) is 0 Å². The van der Waals surface area contributed by atoms with Crippen LogP contribution in [0.5, 0.6) is 0 Å². The molecule has 1 aliphatic heterocycles. The molecule has 0 radical (unpaired) electrons. The van der Waals surface area contributed by atoms with Crippen molar-refractivity contribution in [1.29, 1.82) is 0 Å². The van der Waals surface area contributed by atoms with Crippen molar-refractivity contribution in [2.75, 3.05) is 19.5 Å². The van der Waals surface area contributed by atoms with Gasteiger partial charge in [-0.15, -0.1) is 0 Å². The van der Waals surface area contributed by atoms with E-state index in [1.165, 1.54) is 43.3 Å². The summed E-state index contributed by atoms with van der Waals surface area (Å²) >= 11 is 0. The average Bonchev–Trinajstić information content (AvgIpc) is 3.56. The van der Waals surface area contributed by atoms with E-state index >= 15 is 4.39 Å². The molecule has 0 saturated carbocycles. The molecule has 0 bridgehead atoms. The molecule has 0 aliphatic carbocycles. The van der Waals surface area contributed by atoms with Crippen LogP contribution in [0.4, 0.5) is 10.2 Å². The van der Waals surface area contributed by atoms with E-state index in [9.17, 15) is 9.36 Å². The van der Waals surface area contributed by atoms with E-state index in [2.05, 4.69) is 41.0 Å². The third kappa shape index (κ3) is 6.09. The van der Waals surface area contributed by atoms with Crippen LogP contribution in [0.25, 0.3) is 11.2 Å². The van der Waals surface area contributed by atoms with Crippen LogP contribution >= 0.6 is 7.60 Å². The van der Waals surface area contributed by atoms with Crippen LogP contribution in [-0.4, -0.2) is 66.3 Å². The monoisotopic (exact) mass is 591 g/mol. The molecular weight excluding hydrogens is 556 g/mol. The molecule has 3 aromatic rings. The van der Waals surface area contributed by atoms with Crippen molar-refractivity contribution in [2.24, 2.45) is 0 Å². The van der Waals surface area contributed by atoms with E-state index in [-0.39, 0.29) is 22.9 Å². The fourth-order valence-electron chi connectivity index (χ4n) is 4.74. The number of rotatable bonds is 12. The highest BCUT2D eigenvalue weighted by Gasteiger charge is 2.49. The Kier molecular flexibility index (Phi) is 9.65. The summed E-state index contributed by atoms with van der Waals surface area (Å²) in [6.45, 7) is 6.17. The molecule has 14 heteroatoms. The van der Waals surface area contributed by atoms with Gasteiger partial charge >= 0.3 is 7.60 Å². The van der Waals surface area contributed by atoms with Gasteiger partial charge in [-0.3, -0.25) is 13.9 Å². The van der Waals surface area contributed by atoms with Gasteiger partial charge in [0.2, 0.25) is 0 Å². The molecule has 4 rings (SSSR count). The topological polar surface area (TPSA) is 127 Å². The Bertz CT molecular complexity index is 1370. The van der Waals surface area contributed by atoms with Gasteiger partial charge in [-0.25, -0.2) is 19.3 Å². The molecule has 4 unspecified atom stereocenters. The number of hydrogen-bond acceptors (Lipinski definition) is 9. The summed E-state index contributed by atoms with van der Waals surface area (Å²) in [6.07, 6.45) is -0.463. The van der Waals surface area contributed by atoms with Crippen molar-refractivity contribution in [3.63, 3.8) is 0 Å². The molecule has 40 heavy (non-hydrogen) atoms. The molecule has 1 N–H and O–H groups in total. The van der Waals surface area contributed by atoms with Gasteiger partial charge in [0.05, 0.1) is 6.33 Å². The second-order valence-electron chi connectivity index (χ2n) is 9.37. The summed E-state index contributed by atoms with van der Waals surface area (Å²) in [5.74, 6) is 1.09. The van der Waals surface area contributed by atoms with Gasteiger partial charge in [0.1, 0.15) is 18.5 Å². The molecule has 1 saturated heterocycles. The molecule has 1 aliphatic rings. The Morgan fingerprint density at radius 3 is 2.42 bits per heavy atom. The third-order valence-corrected chi connectivity index (χ3v) is 13.6. The second-order valence-corrected chi connectivity index (χ2v) is 16.2. The van der Waals surface area contributed by atoms with Gasteiger partial charge in [-0.05, 0) is 36.3 Å². The molecule has 216 valence electrons. The van der Waals surface area contributed by atoms with Crippen molar-refractivity contribution in [2.45, 2.75) is 63.5 Å². The summed E-state index contributed by atoms with van der Waals surface area (Å²) in [6, 6.07) is 11.1. The number of carbonyl (C=O) groups excluding carboxylic acids is 1. The van der Waals surface area contributed by atoms with Crippen molar-refractivity contribution in [3.8, 4) is 0 Å². The minimum atomic E-state index is -3.52. The van der Waals surface area contributed by atoms with E-state index in [0.29, 0.717) is 5.56 Å². The Morgan fingerprint density at radius 2 is 1.80 bits per heavy atom. The van der Waals surface area contributed by atoms with Crippen LogP contribution in [0.15, 0.2) is 54.9 Å². The number of carbonyl (C=O) groups is 1. The predicted molar refractivity (Wildman–Crippen MR) is 151 cm³/mol. The number of imidazole rings is 1. The lowest BCUT2D eigenvalue weighted by Crippen LogP contribution is -2.45. The predicted octanol–water partition coefficient (Wildman–Crippen LogP) is 5.70. The van der Waals surface area contributed by atoms with E-state index in [0.717, 1.165) is 18.1 Å². The Labute approximate surface area is 233 Å². The summed E-state index contributed by atoms with van der Waals surface area (Å²) < 4.78 is 53.2. The van der Waals surface area contributed by atoms with Crippen LogP contribution < -0.4 is 5.32 Å². The highest BCUT2D eigenvalue weighted by molar-refractivity contribution is 7.57. The van der Waals surface area contributed by atoms with Gasteiger partial charge in [-0.1, -0.05) is 39.0 Å². The zero-order valence-corrected chi connectivity index (χ0v) is 25.1. The largest absolute Gasteiger partial charge is 0.408 e. The number of anilines is 1. The molecule has 11 nitrogen and oxygen atoms in total. The Morgan fingerprint density at radius 1 is 1.12 bits per heavy atom. The molecular formula is C26H35FN5O6PSi. The van der Waals surface area contributed by atoms with Gasteiger partial charge in [-0.2, -0.15) is 0 Å². The highest BCUT2D eigenvalue weighted by Crippen LogP contribution is 2.49. The summed E-state index contributed by atoms with van der Waals surface area (Å²) in [5.41, 5.74) is 1.01. The standard InChI is InChI=1S/C26H35FN5O6PSi/c1-6-40(7-2,8-3)38-22-19(14-15-39(34,35-4)36-5)37-26(20(22)27)32-17-30-21-23(28-16-29-24(21)32)31-25(33)18-12-10-9-11-13-18/h9-17,19-20,22,26H,6-8H2,1-5H3,(H,28,29,31,33)/b15-14+. The van der Waals surface area contributed by atoms with Crippen LogP contribution in [0.3, 0.4) is 0 Å². The Balaban J connectivity index is 1.68. The summed E-state index contributed by atoms with van der Waals surface area (Å²) in [5, 5.41) is 2.75. The number of ether oxygens (including phenoxy) is 1. The molecule has 2 aromatic heterocycles. The number of halogens is 1. The minimum Gasteiger partial charge on any atom is -0.408 e. The van der Waals surface area contributed by atoms with Gasteiger partial charge in [0, 0.05) is 25.6 Å². The molecule has 1 amide bonds. The fourth-order valence-corrected chi connectivity index (χ4v) is 8.35. The first-order valence-electron chi connectivity index (χ1n) is 13.2. The molecule has 3 heterocycles. The number of benzene rings is 1. The van der Waals surface area contributed by atoms with Crippen LogP contribution in [0.1, 0.15) is 37.4 Å². The van der Waals surface area contributed by atoms with Gasteiger partial charge in [0.15, 0.2) is 37.7 Å². The van der Waals surface area contributed by atoms with E-state index in [1.54, 1.807) is 24.3 Å². The number of hydrogen-bond donors (Lipinski definition) is 1. The molecule has 0 spiro atoms. The van der Waals surface area contributed by atoms with Crippen molar-refractivity contribution in [1.82, 2.24) is 19.5 Å². The van der Waals surface area contributed by atoms with Crippen molar-refractivity contribution < 1.29 is 32.0 Å². The number of nitrogens with one attached hydrogen (secondary N) is 1. The number of alkyl halides is 1. The maximum absolute atomic E-state index is 16.3. The zero-order valence-electron chi connectivity index (χ0n) is 23.2. The van der Waals surface area contributed by atoms with E-state index in [4.69, 9.17) is 18.2 Å². The van der Waals surface area contributed by atoms with E-state index in [1.807, 2.05) is 6.07 Å². The summed E-state index contributed by atoms with van der Waals surface area (Å²) in [4.78, 5) is 25.6. The zero-order chi connectivity index (χ0) is 28.9. The maximum Gasteiger partial charge on any atom is 0.353 e. The minimum absolute atomic E-state index is 0.186. The number of amides is 1. The van der Waals surface area contributed by atoms with Gasteiger partial charge in [0.25, 0.3) is 5.91 Å². The number of aromatic nitrogens is 4. The first kappa shape index (κ1) is 30.2. The quantitative estimate of drug-likeness (QED) is 0.208. The normalized spacial score (nSPS) is 21.9. The third-order valence-electron chi connectivity index (χ3n) is 7.39. The van der Waals surface area contributed by atoms with E-state index < -0.39 is 40.5 Å². The molecule has 4 atom stereocenters. The lowest BCUT2D eigenvalue weighted by Gasteiger charge is -2.33. The van der Waals surface area contributed by atoms with Crippen molar-refractivity contribution in [3.05, 3.63) is 60.4 Å². The number of fused-ring (bicyclic) bond motifs is 1. The fraction of sp³-hybridized carbons (Fsp3) is 0.462. The molecule has 1 fully saturated rings. The smallest absolute Gasteiger partial charge is 0.353 e. The average molecular weight is 592 g/mol. The maximum atomic E-state index is 16.3. The van der Waals surface area contributed by atoms with Crippen molar-refractivity contribution >= 4 is 38.8 Å². The second kappa shape index (κ2) is 12.8. The van der Waals surface area contributed by atoms with Crippen LogP contribution in [0.2, 0.25) is 18.1 Å².